The molecule has 1 fully saturated rings. The first-order chi connectivity index (χ1) is 15.6. The molecule has 3 unspecified atom stereocenters. The van der Waals surface area contributed by atoms with Crippen LogP contribution >= 0.6 is 15.6 Å². The second kappa shape index (κ2) is 11.0. The summed E-state index contributed by atoms with van der Waals surface area (Å²) in [4.78, 5) is 56.8. The predicted octanol–water partition coefficient (Wildman–Crippen LogP) is -3.01. The smallest absolute Gasteiger partial charge is 0.480 e. The zero-order valence-corrected chi connectivity index (χ0v) is 18.9. The van der Waals surface area contributed by atoms with Crippen molar-refractivity contribution in [1.29, 1.82) is 0 Å². The van der Waals surface area contributed by atoms with E-state index in [1.54, 1.807) is 0 Å². The van der Waals surface area contributed by atoms with E-state index in [1.807, 2.05) is 0 Å². The van der Waals surface area contributed by atoms with Crippen molar-refractivity contribution in [1.82, 2.24) is 14.6 Å². The van der Waals surface area contributed by atoms with Gasteiger partial charge in [-0.2, -0.15) is 9.29 Å². The summed E-state index contributed by atoms with van der Waals surface area (Å²) in [5.74, 6) is -2.73. The number of aliphatic hydroxyl groups is 2. The van der Waals surface area contributed by atoms with Crippen molar-refractivity contribution >= 4 is 33.3 Å². The van der Waals surface area contributed by atoms with Crippen molar-refractivity contribution in [2.24, 2.45) is 5.73 Å². The molecular formula is C14H23N5O13P2. The number of hydrogen-bond donors (Lipinski definition) is 8. The van der Waals surface area contributed by atoms with Gasteiger partial charge in [-0.25, -0.2) is 13.9 Å². The van der Waals surface area contributed by atoms with Gasteiger partial charge in [0.05, 0.1) is 6.61 Å². The lowest BCUT2D eigenvalue weighted by Crippen LogP contribution is -2.36. The van der Waals surface area contributed by atoms with Crippen LogP contribution in [0, 0.1) is 0 Å². The molecule has 7 atom stereocenters. The molecule has 1 aliphatic rings. The summed E-state index contributed by atoms with van der Waals surface area (Å²) in [6.07, 6.45) is -6.28. The molecule has 0 bridgehead atoms. The molecule has 2 rings (SSSR count). The molecule has 1 amide bonds. The summed E-state index contributed by atoms with van der Waals surface area (Å²) in [7, 11) is -10.6. The fraction of sp³-hybridized carbons (Fsp3) is 0.571. The molecule has 34 heavy (non-hydrogen) atoms. The number of nitrogen functional groups attached to an aromatic ring is 1. The van der Waals surface area contributed by atoms with Crippen molar-refractivity contribution in [3.8, 4) is 0 Å². The van der Waals surface area contributed by atoms with Crippen molar-refractivity contribution in [3.63, 3.8) is 0 Å². The van der Waals surface area contributed by atoms with Gasteiger partial charge in [-0.15, -0.1) is 0 Å². The number of nitrogens with one attached hydrogen (secondary N) is 1. The number of carboxylic acid groups (broad SMARTS) is 1. The first-order valence-electron chi connectivity index (χ1n) is 9.29. The van der Waals surface area contributed by atoms with E-state index < -0.39 is 83.2 Å². The van der Waals surface area contributed by atoms with Crippen molar-refractivity contribution in [3.05, 3.63) is 22.7 Å². The van der Waals surface area contributed by atoms with Gasteiger partial charge in [0.15, 0.2) is 6.23 Å². The number of anilines is 1. The minimum Gasteiger partial charge on any atom is -0.480 e. The number of nitrogens with two attached hydrogens (primary N) is 2. The largest absolute Gasteiger partial charge is 0.480 e. The van der Waals surface area contributed by atoms with E-state index in [2.05, 4.69) is 13.8 Å². The quantitative estimate of drug-likeness (QED) is 0.132. The monoisotopic (exact) mass is 531 g/mol. The van der Waals surface area contributed by atoms with E-state index in [-0.39, 0.29) is 5.82 Å². The number of amides is 1. The van der Waals surface area contributed by atoms with Crippen molar-refractivity contribution in [2.45, 2.75) is 43.4 Å². The number of ether oxygens (including phenoxy) is 1. The van der Waals surface area contributed by atoms with Crippen LogP contribution in [0.3, 0.4) is 0 Å². The van der Waals surface area contributed by atoms with E-state index in [0.717, 1.165) is 10.8 Å². The van der Waals surface area contributed by atoms with Crippen LogP contribution in [-0.4, -0.2) is 77.5 Å². The Bertz CT molecular complexity index is 1070. The fourth-order valence-electron chi connectivity index (χ4n) is 2.69. The van der Waals surface area contributed by atoms with Crippen LogP contribution in [0.2, 0.25) is 0 Å². The molecule has 20 heteroatoms. The second-order valence-corrected chi connectivity index (χ2v) is 10.1. The molecule has 2 heterocycles. The molecule has 18 nitrogen and oxygen atoms in total. The number of rotatable bonds is 11. The van der Waals surface area contributed by atoms with Gasteiger partial charge in [0.1, 0.15) is 30.2 Å². The molecular weight excluding hydrogens is 508 g/mol. The van der Waals surface area contributed by atoms with E-state index >= 15 is 0 Å². The fourth-order valence-corrected chi connectivity index (χ4v) is 4.92. The first-order valence-corrected chi connectivity index (χ1v) is 12.4. The number of aliphatic hydroxyl groups excluding tert-OH is 2. The molecule has 1 saturated heterocycles. The lowest BCUT2D eigenvalue weighted by molar-refractivity contribution is -0.138. The molecule has 192 valence electrons. The third kappa shape index (κ3) is 7.64. The molecule has 1 aromatic heterocycles. The third-order valence-electron chi connectivity index (χ3n) is 4.34. The Morgan fingerprint density at radius 3 is 2.53 bits per heavy atom. The molecule has 0 aliphatic carbocycles. The summed E-state index contributed by atoms with van der Waals surface area (Å²) < 4.78 is 38.5. The van der Waals surface area contributed by atoms with E-state index in [4.69, 9.17) is 21.3 Å². The number of carboxylic acids is 1. The summed E-state index contributed by atoms with van der Waals surface area (Å²) >= 11 is 0. The molecule has 0 radical (unpaired) electrons. The van der Waals surface area contributed by atoms with Crippen molar-refractivity contribution in [2.75, 3.05) is 12.3 Å². The lowest BCUT2D eigenvalue weighted by atomic mass is 10.1. The highest BCUT2D eigenvalue weighted by Crippen LogP contribution is 2.58. The van der Waals surface area contributed by atoms with E-state index in [1.165, 1.54) is 11.2 Å². The van der Waals surface area contributed by atoms with E-state index in [9.17, 15) is 43.5 Å². The molecule has 0 saturated carbocycles. The molecule has 1 aromatic rings. The predicted molar refractivity (Wildman–Crippen MR) is 109 cm³/mol. The maximum absolute atomic E-state index is 12.0. The van der Waals surface area contributed by atoms with Crippen LogP contribution in [0.4, 0.5) is 5.82 Å². The highest BCUT2D eigenvalue weighted by molar-refractivity contribution is 7.63. The Morgan fingerprint density at radius 2 is 1.94 bits per heavy atom. The average molecular weight is 531 g/mol. The summed E-state index contributed by atoms with van der Waals surface area (Å²) in [5.41, 5.74) is 9.63. The van der Waals surface area contributed by atoms with Crippen LogP contribution in [0.15, 0.2) is 17.1 Å². The number of hydrogen-bond acceptors (Lipinski definition) is 13. The van der Waals surface area contributed by atoms with Gasteiger partial charge in [0, 0.05) is 12.6 Å². The minimum absolute atomic E-state index is 0.113. The third-order valence-corrected chi connectivity index (χ3v) is 7.06. The van der Waals surface area contributed by atoms with Gasteiger partial charge >= 0.3 is 27.2 Å². The number of carbonyl (C=O) groups excluding carboxylic acids is 1. The zero-order valence-electron chi connectivity index (χ0n) is 17.1. The maximum atomic E-state index is 12.0. The topological polar surface area (TPSA) is 296 Å². The highest BCUT2D eigenvalue weighted by Gasteiger charge is 2.46. The average Bonchev–Trinajstić information content (AvgIpc) is 2.97. The van der Waals surface area contributed by atoms with E-state index in [0.29, 0.717) is 0 Å². The Kier molecular flexibility index (Phi) is 9.06. The van der Waals surface area contributed by atoms with Crippen LogP contribution in [0.25, 0.3) is 0 Å². The second-order valence-electron chi connectivity index (χ2n) is 6.97. The molecule has 0 aromatic carbocycles. The number of aromatic nitrogens is 2. The Morgan fingerprint density at radius 1 is 1.29 bits per heavy atom. The van der Waals surface area contributed by atoms with Crippen LogP contribution in [0.1, 0.15) is 19.1 Å². The normalized spacial score (nSPS) is 26.9. The standard InChI is InChI=1S/C14H23N5O13P2/c15-6(13(23)24)1-2-9(20)18-33(26,27)32-34(28,29)30-5-7-10(21)11(22)12(31-7)19-4-3-8(16)17-14(19)25/h3-4,6-7,10-12,21-22H,1-2,5,15H2,(H,23,24)(H,28,29)(H2,16,17,25)(H2,18,20,26,27)/t6?,7-,10-,11-,12-/m1/s1. The molecule has 10 N–H and O–H groups in total. The van der Waals surface area contributed by atoms with Gasteiger partial charge < -0.3 is 41.3 Å². The molecule has 1 aliphatic heterocycles. The highest BCUT2D eigenvalue weighted by atomic mass is 31.3. The zero-order chi connectivity index (χ0) is 25.8. The summed E-state index contributed by atoms with van der Waals surface area (Å²) in [6.45, 7) is -0.957. The first kappa shape index (κ1) is 28.0. The number of carbonyl (C=O) groups is 2. The van der Waals surface area contributed by atoms with Crippen LogP contribution in [-0.2, 0) is 32.3 Å². The van der Waals surface area contributed by atoms with Gasteiger partial charge in [-0.05, 0) is 12.5 Å². The lowest BCUT2D eigenvalue weighted by Gasteiger charge is -2.19. The number of aliphatic carboxylic acids is 1. The molecule has 0 spiro atoms. The summed E-state index contributed by atoms with van der Waals surface area (Å²) in [6, 6.07) is -0.208. The van der Waals surface area contributed by atoms with Crippen LogP contribution in [0.5, 0.6) is 0 Å². The van der Waals surface area contributed by atoms with Gasteiger partial charge in [-0.1, -0.05) is 0 Å². The summed E-state index contributed by atoms with van der Waals surface area (Å²) in [5, 5.41) is 30.2. The minimum atomic E-state index is -5.35. The Balaban J connectivity index is 1.94. The van der Waals surface area contributed by atoms with Gasteiger partial charge in [0.2, 0.25) is 5.91 Å². The van der Waals surface area contributed by atoms with Gasteiger partial charge in [-0.3, -0.25) is 23.8 Å². The van der Waals surface area contributed by atoms with Gasteiger partial charge in [0.25, 0.3) is 0 Å². The number of nitrogens with zero attached hydrogens (tertiary/aromatic N) is 2. The number of phosphoric acid groups is 1. The Hall–Kier alpha value is -2.24. The number of phosphoric ester groups is 1. The Labute approximate surface area is 190 Å². The van der Waals surface area contributed by atoms with Crippen LogP contribution < -0.4 is 22.2 Å². The SMILES string of the molecule is Nc1ccn([C@@H]2O[C@H](COP(=O)(O)OP(=O)(O)NC(=O)CCC(N)C(=O)O)[C@@H](O)[C@H]2O)c(=O)n1. The maximum Gasteiger partial charge on any atom is 0.480 e. The van der Waals surface area contributed by atoms with Crippen molar-refractivity contribution < 1.29 is 57.4 Å².